The van der Waals surface area contributed by atoms with Gasteiger partial charge in [0.1, 0.15) is 11.8 Å². The van der Waals surface area contributed by atoms with E-state index in [2.05, 4.69) is 20.0 Å². The van der Waals surface area contributed by atoms with E-state index in [9.17, 15) is 4.39 Å². The van der Waals surface area contributed by atoms with Crippen LogP contribution in [-0.4, -0.2) is 34.4 Å². The van der Waals surface area contributed by atoms with E-state index in [0.717, 1.165) is 11.6 Å². The van der Waals surface area contributed by atoms with Gasteiger partial charge in [-0.05, 0) is 6.07 Å². The minimum atomic E-state index is -1.35. The van der Waals surface area contributed by atoms with Crippen LogP contribution in [0.15, 0.2) is 28.4 Å². The molecular formula is C11H9ClFN5. The number of pyridine rings is 1. The fourth-order valence-corrected chi connectivity index (χ4v) is 1.94. The number of amidine groups is 1. The van der Waals surface area contributed by atoms with E-state index in [0.29, 0.717) is 22.1 Å². The van der Waals surface area contributed by atoms with Crippen molar-refractivity contribution in [2.24, 2.45) is 15.7 Å². The minimum absolute atomic E-state index is 0.381. The number of nitrogens with two attached hydrogens (primary N) is 1. The third-order valence-corrected chi connectivity index (χ3v) is 2.88. The first-order valence-corrected chi connectivity index (χ1v) is 5.67. The fourth-order valence-electron chi connectivity index (χ4n) is 1.78. The monoisotopic (exact) mass is 265 g/mol. The van der Waals surface area contributed by atoms with Crippen molar-refractivity contribution in [2.45, 2.75) is 12.3 Å². The van der Waals surface area contributed by atoms with Gasteiger partial charge in [-0.2, -0.15) is 0 Å². The summed E-state index contributed by atoms with van der Waals surface area (Å²) in [5.74, 6) is 0.381. The molecule has 0 fully saturated rings. The maximum atomic E-state index is 13.1. The van der Waals surface area contributed by atoms with E-state index in [1.54, 1.807) is 18.5 Å². The van der Waals surface area contributed by atoms with Gasteiger partial charge < -0.3 is 10.7 Å². The van der Waals surface area contributed by atoms with Crippen LogP contribution in [0.1, 0.15) is 5.56 Å². The first kappa shape index (κ1) is 11.3. The summed E-state index contributed by atoms with van der Waals surface area (Å²) >= 11 is 5.90. The van der Waals surface area contributed by atoms with Crippen molar-refractivity contribution in [3.8, 4) is 0 Å². The zero-order valence-electron chi connectivity index (χ0n) is 9.14. The Balaban J connectivity index is 2.13. The Hall–Kier alpha value is -1.79. The number of halogens is 2. The number of nitrogens with one attached hydrogen (secondary N) is 1. The molecule has 0 spiro atoms. The van der Waals surface area contributed by atoms with Crippen LogP contribution in [0.5, 0.6) is 0 Å². The Morgan fingerprint density at radius 3 is 3.06 bits per heavy atom. The average Bonchev–Trinajstić information content (AvgIpc) is 2.75. The normalized spacial score (nSPS) is 23.4. The second-order valence-electron chi connectivity index (χ2n) is 3.92. The van der Waals surface area contributed by atoms with Gasteiger partial charge in [0.25, 0.3) is 0 Å². The molecule has 2 atom stereocenters. The quantitative estimate of drug-likeness (QED) is 0.822. The number of alkyl halides is 1. The summed E-state index contributed by atoms with van der Waals surface area (Å²) in [6.07, 6.45) is 2.13. The molecule has 92 valence electrons. The number of fused-ring (bicyclic) bond motifs is 1. The maximum absolute atomic E-state index is 13.1. The Labute approximate surface area is 107 Å². The van der Waals surface area contributed by atoms with Crippen LogP contribution >= 0.6 is 11.6 Å². The number of aromatic amines is 1. The molecule has 0 aliphatic carbocycles. The molecule has 1 aliphatic heterocycles. The summed E-state index contributed by atoms with van der Waals surface area (Å²) < 4.78 is 13.1. The van der Waals surface area contributed by atoms with E-state index in [-0.39, 0.29) is 0 Å². The molecule has 7 heteroatoms. The molecule has 2 aromatic rings. The predicted molar refractivity (Wildman–Crippen MR) is 69.0 cm³/mol. The van der Waals surface area contributed by atoms with E-state index < -0.39 is 12.3 Å². The van der Waals surface area contributed by atoms with Gasteiger partial charge in [-0.25, -0.2) is 19.4 Å². The molecular weight excluding hydrogens is 257 g/mol. The van der Waals surface area contributed by atoms with Gasteiger partial charge in [0, 0.05) is 29.6 Å². The highest BCUT2D eigenvalue weighted by Crippen LogP contribution is 2.22. The van der Waals surface area contributed by atoms with Gasteiger partial charge in [0.2, 0.25) is 0 Å². The lowest BCUT2D eigenvalue weighted by Crippen LogP contribution is -2.34. The number of hydrogen-bond acceptors (Lipinski definition) is 4. The van der Waals surface area contributed by atoms with Crippen LogP contribution in [0.4, 0.5) is 4.39 Å². The van der Waals surface area contributed by atoms with Gasteiger partial charge in [-0.3, -0.25) is 0 Å². The van der Waals surface area contributed by atoms with Gasteiger partial charge >= 0.3 is 0 Å². The van der Waals surface area contributed by atoms with Gasteiger partial charge in [0.05, 0.1) is 5.02 Å². The number of nitrogens with zero attached hydrogens (tertiary/aromatic N) is 3. The number of hydrogen-bond donors (Lipinski definition) is 2. The fraction of sp³-hybridized carbons (Fsp3) is 0.182. The Morgan fingerprint density at radius 1 is 1.44 bits per heavy atom. The summed E-state index contributed by atoms with van der Waals surface area (Å²) in [5.41, 5.74) is 6.92. The SMILES string of the molecule is NC1N=C(c2c[nH]c3ncc(Cl)cc23)N=CC1F. The van der Waals surface area contributed by atoms with Crippen LogP contribution in [0, 0.1) is 0 Å². The maximum Gasteiger partial charge on any atom is 0.170 e. The minimum Gasteiger partial charge on any atom is -0.345 e. The molecule has 0 aromatic carbocycles. The summed E-state index contributed by atoms with van der Waals surface area (Å²) in [6.45, 7) is 0. The Kier molecular flexibility index (Phi) is 2.61. The summed E-state index contributed by atoms with van der Waals surface area (Å²) in [5, 5.41) is 1.29. The highest BCUT2D eigenvalue weighted by Gasteiger charge is 2.21. The van der Waals surface area contributed by atoms with Crippen LogP contribution in [0.2, 0.25) is 5.02 Å². The van der Waals surface area contributed by atoms with Gasteiger partial charge in [-0.1, -0.05) is 11.6 Å². The molecule has 3 rings (SSSR count). The smallest absolute Gasteiger partial charge is 0.170 e. The lowest BCUT2D eigenvalue weighted by Gasteiger charge is -2.14. The van der Waals surface area contributed by atoms with Crippen molar-refractivity contribution >= 4 is 34.7 Å². The first-order valence-electron chi connectivity index (χ1n) is 5.30. The zero-order valence-corrected chi connectivity index (χ0v) is 9.89. The van der Waals surface area contributed by atoms with Crippen molar-refractivity contribution in [1.82, 2.24) is 9.97 Å². The molecule has 2 aromatic heterocycles. The number of rotatable bonds is 1. The molecule has 0 bridgehead atoms. The van der Waals surface area contributed by atoms with Crippen LogP contribution in [0.3, 0.4) is 0 Å². The van der Waals surface area contributed by atoms with Crippen molar-refractivity contribution in [3.63, 3.8) is 0 Å². The molecule has 3 heterocycles. The first-order chi connectivity index (χ1) is 8.65. The standard InChI is InChI=1S/C11H9ClFN5/c12-5-1-6-7(3-16-10(6)15-2-5)11-17-4-8(13)9(14)18-11/h1-4,8-9H,14H2,(H,15,16). The van der Waals surface area contributed by atoms with Crippen LogP contribution in [0.25, 0.3) is 11.0 Å². The lowest BCUT2D eigenvalue weighted by atomic mass is 10.2. The molecule has 0 saturated carbocycles. The summed E-state index contributed by atoms with van der Waals surface area (Å²) in [7, 11) is 0. The topological polar surface area (TPSA) is 79.4 Å². The number of H-pyrrole nitrogens is 1. The second kappa shape index (κ2) is 4.15. The highest BCUT2D eigenvalue weighted by molar-refractivity contribution is 6.31. The third kappa shape index (κ3) is 1.79. The molecule has 0 radical (unpaired) electrons. The van der Waals surface area contributed by atoms with E-state index in [4.69, 9.17) is 17.3 Å². The second-order valence-corrected chi connectivity index (χ2v) is 4.35. The van der Waals surface area contributed by atoms with Crippen molar-refractivity contribution in [3.05, 3.63) is 29.0 Å². The van der Waals surface area contributed by atoms with Crippen molar-refractivity contribution in [2.75, 3.05) is 0 Å². The van der Waals surface area contributed by atoms with Gasteiger partial charge in [-0.15, -0.1) is 0 Å². The summed E-state index contributed by atoms with van der Waals surface area (Å²) in [4.78, 5) is 15.1. The van der Waals surface area contributed by atoms with Crippen LogP contribution < -0.4 is 5.73 Å². The average molecular weight is 266 g/mol. The van der Waals surface area contributed by atoms with E-state index in [1.807, 2.05) is 0 Å². The highest BCUT2D eigenvalue weighted by atomic mass is 35.5. The Morgan fingerprint density at radius 2 is 2.28 bits per heavy atom. The third-order valence-electron chi connectivity index (χ3n) is 2.68. The molecule has 0 amide bonds. The largest absolute Gasteiger partial charge is 0.345 e. The van der Waals surface area contributed by atoms with E-state index >= 15 is 0 Å². The molecule has 18 heavy (non-hydrogen) atoms. The molecule has 2 unspecified atom stereocenters. The number of aromatic nitrogens is 2. The Bertz CT molecular complexity index is 662. The van der Waals surface area contributed by atoms with Crippen molar-refractivity contribution < 1.29 is 4.39 Å². The zero-order chi connectivity index (χ0) is 12.7. The number of aliphatic imine (C=N–C) groups is 2. The van der Waals surface area contributed by atoms with Gasteiger partial charge in [0.15, 0.2) is 12.0 Å². The summed E-state index contributed by atoms with van der Waals surface area (Å²) in [6, 6.07) is 1.75. The lowest BCUT2D eigenvalue weighted by molar-refractivity contribution is 0.372. The van der Waals surface area contributed by atoms with Crippen molar-refractivity contribution in [1.29, 1.82) is 0 Å². The molecule has 1 aliphatic rings. The molecule has 0 saturated heterocycles. The van der Waals surface area contributed by atoms with E-state index in [1.165, 1.54) is 0 Å². The predicted octanol–water partition coefficient (Wildman–Crippen LogP) is 1.67. The molecule has 3 N–H and O–H groups in total. The van der Waals surface area contributed by atoms with Crippen LogP contribution in [-0.2, 0) is 0 Å². The molecule has 5 nitrogen and oxygen atoms in total.